The number of benzene rings is 1. The number of sulfonamides is 1. The maximum Gasteiger partial charge on any atom is 0.269 e. The summed E-state index contributed by atoms with van der Waals surface area (Å²) in [5.41, 5.74) is 0.122. The van der Waals surface area contributed by atoms with Crippen LogP contribution in [0.2, 0.25) is 0 Å². The number of hydrogen-bond donors (Lipinski definition) is 0. The van der Waals surface area contributed by atoms with E-state index in [-0.39, 0.29) is 11.4 Å². The zero-order valence-electron chi connectivity index (χ0n) is 10.7. The highest BCUT2D eigenvalue weighted by Crippen LogP contribution is 2.31. The summed E-state index contributed by atoms with van der Waals surface area (Å²) >= 11 is 5.94. The second kappa shape index (κ2) is 5.97. The van der Waals surface area contributed by atoms with Crippen LogP contribution in [0.25, 0.3) is 0 Å². The Morgan fingerprint density at radius 1 is 1.15 bits per heavy atom. The fourth-order valence-electron chi connectivity index (χ4n) is 2.33. The van der Waals surface area contributed by atoms with E-state index < -0.39 is 20.2 Å². The van der Waals surface area contributed by atoms with E-state index in [1.807, 2.05) is 0 Å². The SMILES string of the molecule is O=[N+]([O-])c1ccc(N(Cl)S(=O)(=O)C2CCCCC2)cc1. The largest absolute Gasteiger partial charge is 0.269 e. The highest BCUT2D eigenvalue weighted by molar-refractivity contribution is 7.94. The third-order valence-corrected chi connectivity index (χ3v) is 6.20. The van der Waals surface area contributed by atoms with Gasteiger partial charge in [0, 0.05) is 23.9 Å². The van der Waals surface area contributed by atoms with Crippen molar-refractivity contribution in [3.05, 3.63) is 34.4 Å². The molecule has 1 aliphatic rings. The minimum atomic E-state index is -3.62. The molecule has 0 N–H and O–H groups in total. The Morgan fingerprint density at radius 3 is 2.20 bits per heavy atom. The Labute approximate surface area is 122 Å². The fraction of sp³-hybridized carbons (Fsp3) is 0.500. The topological polar surface area (TPSA) is 80.5 Å². The van der Waals surface area contributed by atoms with Crippen LogP contribution in [-0.2, 0) is 10.0 Å². The fourth-order valence-corrected chi connectivity index (χ4v) is 4.39. The van der Waals surface area contributed by atoms with Crippen LogP contribution in [-0.4, -0.2) is 18.6 Å². The summed E-state index contributed by atoms with van der Waals surface area (Å²) in [5, 5.41) is 10.1. The Balaban J connectivity index is 2.20. The highest BCUT2D eigenvalue weighted by atomic mass is 35.5. The van der Waals surface area contributed by atoms with Crippen LogP contribution in [0, 0.1) is 10.1 Å². The molecule has 0 bridgehead atoms. The molecular weight excluding hydrogens is 304 g/mol. The van der Waals surface area contributed by atoms with Crippen LogP contribution < -0.4 is 3.82 Å². The summed E-state index contributed by atoms with van der Waals surface area (Å²) in [5.74, 6) is 0. The number of halogens is 1. The van der Waals surface area contributed by atoms with E-state index in [0.717, 1.165) is 19.3 Å². The number of nitro groups is 1. The molecule has 0 heterocycles. The summed E-state index contributed by atoms with van der Waals surface area (Å²) in [4.78, 5) is 10.0. The molecular formula is C12H15ClN2O4S. The van der Waals surface area contributed by atoms with E-state index in [4.69, 9.17) is 11.8 Å². The molecule has 0 aromatic heterocycles. The third-order valence-electron chi connectivity index (χ3n) is 3.46. The van der Waals surface area contributed by atoms with E-state index in [9.17, 15) is 18.5 Å². The maximum absolute atomic E-state index is 12.4. The molecule has 6 nitrogen and oxygen atoms in total. The van der Waals surface area contributed by atoms with Gasteiger partial charge in [0.2, 0.25) is 0 Å². The molecule has 1 saturated carbocycles. The lowest BCUT2D eigenvalue weighted by molar-refractivity contribution is -0.384. The van der Waals surface area contributed by atoms with E-state index in [0.29, 0.717) is 16.7 Å². The molecule has 8 heteroatoms. The molecule has 0 radical (unpaired) electrons. The predicted octanol–water partition coefficient (Wildman–Crippen LogP) is 3.22. The normalized spacial score (nSPS) is 16.9. The predicted molar refractivity (Wildman–Crippen MR) is 77.2 cm³/mol. The van der Waals surface area contributed by atoms with Crippen molar-refractivity contribution in [3.63, 3.8) is 0 Å². The van der Waals surface area contributed by atoms with Gasteiger partial charge in [-0.25, -0.2) is 8.42 Å². The average Bonchev–Trinajstić information content (AvgIpc) is 2.47. The molecule has 1 aromatic rings. The molecule has 1 aromatic carbocycles. The lowest BCUT2D eigenvalue weighted by Gasteiger charge is -2.26. The molecule has 0 unspecified atom stereocenters. The van der Waals surface area contributed by atoms with Crippen LogP contribution in [0.15, 0.2) is 24.3 Å². The Hall–Kier alpha value is -1.34. The summed E-state index contributed by atoms with van der Waals surface area (Å²) in [6.07, 6.45) is 4.03. The smallest absolute Gasteiger partial charge is 0.258 e. The molecule has 0 aliphatic heterocycles. The van der Waals surface area contributed by atoms with Crippen molar-refractivity contribution in [2.24, 2.45) is 0 Å². The minimum absolute atomic E-state index is 0.103. The van der Waals surface area contributed by atoms with Crippen molar-refractivity contribution < 1.29 is 13.3 Å². The Kier molecular flexibility index (Phi) is 4.49. The molecule has 1 fully saturated rings. The molecule has 2 rings (SSSR count). The van der Waals surface area contributed by atoms with Crippen molar-refractivity contribution in [1.82, 2.24) is 0 Å². The van der Waals surface area contributed by atoms with Gasteiger partial charge in [-0.1, -0.05) is 19.3 Å². The van der Waals surface area contributed by atoms with Crippen molar-refractivity contribution in [2.45, 2.75) is 37.4 Å². The summed E-state index contributed by atoms with van der Waals surface area (Å²) in [6, 6.07) is 5.15. The zero-order valence-corrected chi connectivity index (χ0v) is 12.3. The zero-order chi connectivity index (χ0) is 14.8. The quantitative estimate of drug-likeness (QED) is 0.485. The Bertz CT molecular complexity index is 582. The highest BCUT2D eigenvalue weighted by Gasteiger charge is 2.32. The number of hydrogen-bond acceptors (Lipinski definition) is 4. The van der Waals surface area contributed by atoms with E-state index in [2.05, 4.69) is 0 Å². The monoisotopic (exact) mass is 318 g/mol. The van der Waals surface area contributed by atoms with Gasteiger partial charge in [-0.2, -0.15) is 3.82 Å². The van der Waals surface area contributed by atoms with Gasteiger partial charge >= 0.3 is 0 Å². The van der Waals surface area contributed by atoms with Crippen molar-refractivity contribution in [2.75, 3.05) is 3.82 Å². The number of non-ortho nitro benzene ring substituents is 1. The minimum Gasteiger partial charge on any atom is -0.258 e. The van der Waals surface area contributed by atoms with Crippen LogP contribution in [0.4, 0.5) is 11.4 Å². The first kappa shape index (κ1) is 15.1. The van der Waals surface area contributed by atoms with Gasteiger partial charge in [0.1, 0.15) is 0 Å². The van der Waals surface area contributed by atoms with Gasteiger partial charge in [0.05, 0.1) is 15.9 Å². The molecule has 1 aliphatic carbocycles. The second-order valence-corrected chi connectivity index (χ2v) is 7.39. The standard InChI is InChI=1S/C12H15ClN2O4S/c13-14(10-6-8-11(9-7-10)15(16)17)20(18,19)12-4-2-1-3-5-12/h6-9,12H,1-5H2. The van der Waals surface area contributed by atoms with Gasteiger partial charge in [-0.15, -0.1) is 0 Å². The molecule has 20 heavy (non-hydrogen) atoms. The van der Waals surface area contributed by atoms with Crippen LogP contribution >= 0.6 is 11.8 Å². The lowest BCUT2D eigenvalue weighted by atomic mass is 10.0. The number of anilines is 1. The van der Waals surface area contributed by atoms with E-state index >= 15 is 0 Å². The van der Waals surface area contributed by atoms with E-state index in [1.54, 1.807) is 0 Å². The van der Waals surface area contributed by atoms with Crippen molar-refractivity contribution in [3.8, 4) is 0 Å². The van der Waals surface area contributed by atoms with Gasteiger partial charge in [-0.05, 0) is 25.0 Å². The first-order valence-corrected chi connectivity index (χ1v) is 8.21. The van der Waals surface area contributed by atoms with Gasteiger partial charge < -0.3 is 0 Å². The summed E-state index contributed by atoms with van der Waals surface area (Å²) in [6.45, 7) is 0. The number of nitrogens with zero attached hydrogens (tertiary/aromatic N) is 2. The maximum atomic E-state index is 12.4. The average molecular weight is 319 g/mol. The lowest BCUT2D eigenvalue weighted by Crippen LogP contribution is -2.34. The number of nitro benzene ring substituents is 1. The summed E-state index contributed by atoms with van der Waals surface area (Å²) in [7, 11) is -3.62. The molecule has 0 amide bonds. The van der Waals surface area contributed by atoms with Crippen LogP contribution in [0.1, 0.15) is 32.1 Å². The second-order valence-electron chi connectivity index (χ2n) is 4.79. The van der Waals surface area contributed by atoms with Crippen molar-refractivity contribution >= 4 is 33.2 Å². The first-order chi connectivity index (χ1) is 9.43. The third kappa shape index (κ3) is 3.04. The molecule has 0 spiro atoms. The van der Waals surface area contributed by atoms with E-state index in [1.165, 1.54) is 24.3 Å². The molecule has 0 atom stereocenters. The summed E-state index contributed by atoms with van der Waals surface area (Å²) < 4.78 is 25.4. The van der Waals surface area contributed by atoms with Gasteiger partial charge in [0.15, 0.2) is 0 Å². The van der Waals surface area contributed by atoms with Gasteiger partial charge in [-0.3, -0.25) is 10.1 Å². The van der Waals surface area contributed by atoms with Crippen LogP contribution in [0.3, 0.4) is 0 Å². The number of rotatable bonds is 4. The molecule has 0 saturated heterocycles. The van der Waals surface area contributed by atoms with Gasteiger partial charge in [0.25, 0.3) is 15.7 Å². The van der Waals surface area contributed by atoms with Crippen LogP contribution in [0.5, 0.6) is 0 Å². The van der Waals surface area contributed by atoms with Crippen molar-refractivity contribution in [1.29, 1.82) is 0 Å². The molecule has 110 valence electrons. The Morgan fingerprint density at radius 2 is 1.70 bits per heavy atom. The first-order valence-electron chi connectivity index (χ1n) is 6.37.